The predicted octanol–water partition coefficient (Wildman–Crippen LogP) is 4.76. The number of rotatable bonds is 3. The van der Waals surface area contributed by atoms with Gasteiger partial charge in [0.05, 0.1) is 12.7 Å². The van der Waals surface area contributed by atoms with Gasteiger partial charge in [0.15, 0.2) is 0 Å². The van der Waals surface area contributed by atoms with Crippen molar-refractivity contribution >= 4 is 21.6 Å². The molecule has 1 fully saturated rings. The van der Waals surface area contributed by atoms with Gasteiger partial charge in [0, 0.05) is 10.2 Å². The zero-order valence-electron chi connectivity index (χ0n) is 12.1. The van der Waals surface area contributed by atoms with Crippen molar-refractivity contribution in [3.05, 3.63) is 28.2 Å². The van der Waals surface area contributed by atoms with Gasteiger partial charge in [0.25, 0.3) is 0 Å². The molecule has 2 atom stereocenters. The second-order valence-corrected chi connectivity index (χ2v) is 7.56. The smallest absolute Gasteiger partial charge is 0.0721 e. The third kappa shape index (κ3) is 4.22. The molecule has 106 valence electrons. The van der Waals surface area contributed by atoms with Crippen molar-refractivity contribution in [1.82, 2.24) is 0 Å². The molecule has 0 amide bonds. The van der Waals surface area contributed by atoms with Crippen LogP contribution in [-0.4, -0.2) is 6.10 Å². The first-order valence-electron chi connectivity index (χ1n) is 7.01. The summed E-state index contributed by atoms with van der Waals surface area (Å²) in [5.74, 6) is 0.753. The molecule has 0 aliphatic heterocycles. The summed E-state index contributed by atoms with van der Waals surface area (Å²) in [5, 5.41) is 0. The molecule has 0 heterocycles. The molecular weight excluding hydrogens is 302 g/mol. The third-order valence-electron chi connectivity index (χ3n) is 3.89. The number of halogens is 1. The molecule has 0 saturated heterocycles. The number of nitrogen functional groups attached to an aromatic ring is 1. The highest BCUT2D eigenvalue weighted by atomic mass is 79.9. The minimum atomic E-state index is 0.378. The molecule has 1 saturated carbocycles. The molecule has 1 aromatic carbocycles. The van der Waals surface area contributed by atoms with Gasteiger partial charge in [-0.3, -0.25) is 0 Å². The Morgan fingerprint density at radius 2 is 2.11 bits per heavy atom. The maximum absolute atomic E-state index is 6.10. The lowest BCUT2D eigenvalue weighted by Gasteiger charge is -2.38. The van der Waals surface area contributed by atoms with Gasteiger partial charge in [-0.15, -0.1) is 0 Å². The van der Waals surface area contributed by atoms with Crippen LogP contribution in [0.25, 0.3) is 0 Å². The van der Waals surface area contributed by atoms with E-state index in [0.29, 0.717) is 18.1 Å². The van der Waals surface area contributed by atoms with Gasteiger partial charge in [-0.1, -0.05) is 26.8 Å². The van der Waals surface area contributed by atoms with Crippen molar-refractivity contribution in [2.24, 2.45) is 11.3 Å². The summed E-state index contributed by atoms with van der Waals surface area (Å²) in [7, 11) is 0. The van der Waals surface area contributed by atoms with E-state index in [1.807, 2.05) is 12.1 Å². The number of anilines is 1. The summed E-state index contributed by atoms with van der Waals surface area (Å²) < 4.78 is 7.05. The Morgan fingerprint density at radius 3 is 2.74 bits per heavy atom. The summed E-state index contributed by atoms with van der Waals surface area (Å²) in [6.07, 6.45) is 4.01. The summed E-state index contributed by atoms with van der Waals surface area (Å²) >= 11 is 3.41. The van der Waals surface area contributed by atoms with E-state index in [1.54, 1.807) is 0 Å². The molecule has 2 rings (SSSR count). The fraction of sp³-hybridized carbons (Fsp3) is 0.625. The number of hydrogen-bond donors (Lipinski definition) is 1. The molecule has 0 bridgehead atoms. The highest BCUT2D eigenvalue weighted by Crippen LogP contribution is 2.39. The summed E-state index contributed by atoms with van der Waals surface area (Å²) in [4.78, 5) is 0. The number of benzene rings is 1. The number of nitrogens with two attached hydrogens (primary N) is 1. The van der Waals surface area contributed by atoms with Crippen molar-refractivity contribution in [2.45, 2.75) is 52.7 Å². The summed E-state index contributed by atoms with van der Waals surface area (Å²) in [6.45, 7) is 7.67. The molecule has 1 aliphatic carbocycles. The van der Waals surface area contributed by atoms with Crippen LogP contribution in [-0.2, 0) is 11.3 Å². The van der Waals surface area contributed by atoms with Gasteiger partial charge in [-0.2, -0.15) is 0 Å². The zero-order chi connectivity index (χ0) is 14.0. The molecule has 0 radical (unpaired) electrons. The van der Waals surface area contributed by atoms with Crippen LogP contribution in [0.5, 0.6) is 0 Å². The molecule has 0 spiro atoms. The Morgan fingerprint density at radius 1 is 1.37 bits per heavy atom. The van der Waals surface area contributed by atoms with E-state index < -0.39 is 0 Å². The van der Waals surface area contributed by atoms with Gasteiger partial charge in [0.1, 0.15) is 0 Å². The molecule has 2 nitrogen and oxygen atoms in total. The molecule has 19 heavy (non-hydrogen) atoms. The van der Waals surface area contributed by atoms with E-state index in [-0.39, 0.29) is 0 Å². The molecule has 2 unspecified atom stereocenters. The monoisotopic (exact) mass is 325 g/mol. The quantitative estimate of drug-likeness (QED) is 0.813. The fourth-order valence-corrected chi connectivity index (χ4v) is 3.53. The normalized spacial score (nSPS) is 26.3. The second-order valence-electron chi connectivity index (χ2n) is 6.70. The van der Waals surface area contributed by atoms with E-state index in [2.05, 4.69) is 42.8 Å². The maximum atomic E-state index is 6.10. The Balaban J connectivity index is 1.93. The third-order valence-corrected chi connectivity index (χ3v) is 4.61. The topological polar surface area (TPSA) is 35.2 Å². The minimum absolute atomic E-state index is 0.378. The maximum Gasteiger partial charge on any atom is 0.0721 e. The first-order valence-corrected chi connectivity index (χ1v) is 7.80. The zero-order valence-corrected chi connectivity index (χ0v) is 13.7. The summed E-state index contributed by atoms with van der Waals surface area (Å²) in [5.41, 5.74) is 8.22. The van der Waals surface area contributed by atoms with Crippen LogP contribution >= 0.6 is 15.9 Å². The molecule has 3 heteroatoms. The van der Waals surface area contributed by atoms with Crippen LogP contribution in [0.4, 0.5) is 5.69 Å². The van der Waals surface area contributed by atoms with Crippen molar-refractivity contribution < 1.29 is 4.74 Å². The van der Waals surface area contributed by atoms with Crippen LogP contribution in [0.3, 0.4) is 0 Å². The minimum Gasteiger partial charge on any atom is -0.398 e. The molecule has 2 N–H and O–H groups in total. The van der Waals surface area contributed by atoms with E-state index in [4.69, 9.17) is 10.5 Å². The Kier molecular flexibility index (Phi) is 4.57. The predicted molar refractivity (Wildman–Crippen MR) is 83.9 cm³/mol. The van der Waals surface area contributed by atoms with E-state index in [0.717, 1.165) is 28.1 Å². The Hall–Kier alpha value is -0.540. The van der Waals surface area contributed by atoms with Gasteiger partial charge in [-0.05, 0) is 64.2 Å². The van der Waals surface area contributed by atoms with Crippen LogP contribution in [0.2, 0.25) is 0 Å². The largest absolute Gasteiger partial charge is 0.398 e. The summed E-state index contributed by atoms with van der Waals surface area (Å²) in [6, 6.07) is 6.04. The van der Waals surface area contributed by atoms with Crippen LogP contribution < -0.4 is 5.73 Å². The first-order chi connectivity index (χ1) is 8.85. The fourth-order valence-electron chi connectivity index (χ4n) is 3.28. The molecular formula is C16H24BrNO. The lowest BCUT2D eigenvalue weighted by atomic mass is 9.71. The average molecular weight is 326 g/mol. The van der Waals surface area contributed by atoms with Crippen molar-refractivity contribution in [3.63, 3.8) is 0 Å². The Labute approximate surface area is 124 Å². The Bertz CT molecular complexity index is 444. The number of hydrogen-bond acceptors (Lipinski definition) is 2. The van der Waals surface area contributed by atoms with E-state index >= 15 is 0 Å². The van der Waals surface area contributed by atoms with Crippen molar-refractivity contribution in [1.29, 1.82) is 0 Å². The van der Waals surface area contributed by atoms with E-state index in [1.165, 1.54) is 12.8 Å². The SMILES string of the molecule is CC1CC(OCc2ccc(Br)c(N)c2)CC(C)(C)C1. The lowest BCUT2D eigenvalue weighted by Crippen LogP contribution is -2.32. The van der Waals surface area contributed by atoms with Gasteiger partial charge in [0.2, 0.25) is 0 Å². The molecule has 1 aromatic rings. The van der Waals surface area contributed by atoms with Crippen LogP contribution in [0.1, 0.15) is 45.6 Å². The molecule has 1 aliphatic rings. The van der Waals surface area contributed by atoms with Crippen molar-refractivity contribution in [3.8, 4) is 0 Å². The number of ether oxygens (including phenoxy) is 1. The highest BCUT2D eigenvalue weighted by Gasteiger charge is 2.32. The first kappa shape index (κ1) is 14.9. The average Bonchev–Trinajstić information content (AvgIpc) is 2.28. The van der Waals surface area contributed by atoms with Gasteiger partial charge >= 0.3 is 0 Å². The van der Waals surface area contributed by atoms with Gasteiger partial charge < -0.3 is 10.5 Å². The highest BCUT2D eigenvalue weighted by molar-refractivity contribution is 9.10. The van der Waals surface area contributed by atoms with Crippen molar-refractivity contribution in [2.75, 3.05) is 5.73 Å². The molecule has 0 aromatic heterocycles. The van der Waals surface area contributed by atoms with Crippen LogP contribution in [0.15, 0.2) is 22.7 Å². The van der Waals surface area contributed by atoms with Gasteiger partial charge in [-0.25, -0.2) is 0 Å². The van der Waals surface area contributed by atoms with E-state index in [9.17, 15) is 0 Å². The standard InChI is InChI=1S/C16H24BrNO/c1-11-6-13(9-16(2,3)8-11)19-10-12-4-5-14(17)15(18)7-12/h4-5,7,11,13H,6,8-10,18H2,1-3H3. The second kappa shape index (κ2) is 5.84. The van der Waals surface area contributed by atoms with Crippen LogP contribution in [0, 0.1) is 11.3 Å². The lowest BCUT2D eigenvalue weighted by molar-refractivity contribution is -0.0316.